The van der Waals surface area contributed by atoms with Gasteiger partial charge in [0.25, 0.3) is 5.91 Å². The van der Waals surface area contributed by atoms with E-state index < -0.39 is 11.5 Å². The molecule has 0 saturated heterocycles. The first-order valence-electron chi connectivity index (χ1n) is 7.49. The summed E-state index contributed by atoms with van der Waals surface area (Å²) >= 11 is 4.98. The topological polar surface area (TPSA) is 92.6 Å². The van der Waals surface area contributed by atoms with Crippen LogP contribution in [-0.4, -0.2) is 24.2 Å². The number of aryl methyl sites for hydroxylation is 1. The van der Waals surface area contributed by atoms with Crippen LogP contribution in [-0.2, 0) is 4.79 Å². The molecule has 0 unspecified atom stereocenters. The summed E-state index contributed by atoms with van der Waals surface area (Å²) in [6, 6.07) is 6.47. The van der Waals surface area contributed by atoms with Crippen LogP contribution in [0.5, 0.6) is 5.75 Å². The van der Waals surface area contributed by atoms with Crippen LogP contribution in [0.4, 0.5) is 0 Å². The molecule has 25 heavy (non-hydrogen) atoms. The summed E-state index contributed by atoms with van der Waals surface area (Å²) in [5.74, 6) is 0.00431. The lowest BCUT2D eigenvalue weighted by Crippen LogP contribution is -2.48. The molecule has 2 rings (SSSR count). The lowest BCUT2D eigenvalue weighted by molar-refractivity contribution is -0.123. The Bertz CT molecular complexity index is 876. The van der Waals surface area contributed by atoms with Gasteiger partial charge in [-0.3, -0.25) is 15.6 Å². The number of thiocarbonyl (C=S) groups is 1. The molecule has 2 aromatic rings. The van der Waals surface area contributed by atoms with Gasteiger partial charge in [0.05, 0.1) is 0 Å². The summed E-state index contributed by atoms with van der Waals surface area (Å²) in [5.41, 5.74) is 6.68. The number of hydrogen-bond donors (Lipinski definition) is 3. The molecule has 0 spiro atoms. The molecule has 1 aromatic carbocycles. The molecule has 7 nitrogen and oxygen atoms in total. The minimum absolute atomic E-state index is 0.225. The third-order valence-corrected chi connectivity index (χ3v) is 3.41. The monoisotopic (exact) mass is 361 g/mol. The van der Waals surface area contributed by atoms with E-state index in [0.717, 1.165) is 16.5 Å². The van der Waals surface area contributed by atoms with E-state index in [-0.39, 0.29) is 11.7 Å². The van der Waals surface area contributed by atoms with E-state index in [0.29, 0.717) is 17.9 Å². The Morgan fingerprint density at radius 1 is 1.32 bits per heavy atom. The SMILES string of the molecule is C=C(C)CNC(=S)NNC(=O)COc1ccc2c(C)cc(=O)oc2c1. The van der Waals surface area contributed by atoms with E-state index in [4.69, 9.17) is 21.4 Å². The van der Waals surface area contributed by atoms with Gasteiger partial charge in [-0.2, -0.15) is 0 Å². The number of ether oxygens (including phenoxy) is 1. The van der Waals surface area contributed by atoms with Crippen molar-refractivity contribution in [2.45, 2.75) is 13.8 Å². The van der Waals surface area contributed by atoms with Crippen molar-refractivity contribution in [2.75, 3.05) is 13.2 Å². The Morgan fingerprint density at radius 3 is 2.80 bits per heavy atom. The number of carbonyl (C=O) groups is 1. The number of hydrazine groups is 1. The zero-order valence-electron chi connectivity index (χ0n) is 14.0. The van der Waals surface area contributed by atoms with E-state index in [2.05, 4.69) is 22.7 Å². The van der Waals surface area contributed by atoms with E-state index in [9.17, 15) is 9.59 Å². The number of hydrogen-bond acceptors (Lipinski definition) is 5. The summed E-state index contributed by atoms with van der Waals surface area (Å²) in [7, 11) is 0. The number of amides is 1. The lowest BCUT2D eigenvalue weighted by atomic mass is 10.1. The molecule has 0 bridgehead atoms. The van der Waals surface area contributed by atoms with Gasteiger partial charge in [-0.05, 0) is 43.8 Å². The average molecular weight is 361 g/mol. The van der Waals surface area contributed by atoms with Gasteiger partial charge in [0.2, 0.25) is 0 Å². The first-order valence-corrected chi connectivity index (χ1v) is 7.90. The molecule has 8 heteroatoms. The smallest absolute Gasteiger partial charge is 0.336 e. The molecule has 0 aliphatic heterocycles. The second-order valence-electron chi connectivity index (χ2n) is 5.51. The largest absolute Gasteiger partial charge is 0.484 e. The number of fused-ring (bicyclic) bond motifs is 1. The molecular weight excluding hydrogens is 342 g/mol. The van der Waals surface area contributed by atoms with Gasteiger partial charge in [0.1, 0.15) is 11.3 Å². The number of nitrogens with one attached hydrogen (secondary N) is 3. The maximum Gasteiger partial charge on any atom is 0.336 e. The fourth-order valence-electron chi connectivity index (χ4n) is 1.98. The Morgan fingerprint density at radius 2 is 2.08 bits per heavy atom. The molecule has 0 fully saturated rings. The highest BCUT2D eigenvalue weighted by molar-refractivity contribution is 7.80. The maximum atomic E-state index is 11.8. The highest BCUT2D eigenvalue weighted by atomic mass is 32.1. The van der Waals surface area contributed by atoms with Crippen molar-refractivity contribution in [3.05, 3.63) is 52.4 Å². The maximum absolute atomic E-state index is 11.8. The third-order valence-electron chi connectivity index (χ3n) is 3.16. The van der Waals surface area contributed by atoms with Gasteiger partial charge in [-0.15, -0.1) is 0 Å². The van der Waals surface area contributed by atoms with Crippen LogP contribution in [0.15, 0.2) is 45.6 Å². The highest BCUT2D eigenvalue weighted by Gasteiger charge is 2.07. The molecule has 0 aliphatic carbocycles. The normalized spacial score (nSPS) is 10.2. The van der Waals surface area contributed by atoms with E-state index in [1.165, 1.54) is 6.07 Å². The summed E-state index contributed by atoms with van der Waals surface area (Å²) in [6.07, 6.45) is 0. The van der Waals surface area contributed by atoms with Crippen molar-refractivity contribution in [3.8, 4) is 5.75 Å². The molecule has 1 amide bonds. The molecule has 0 atom stereocenters. The van der Waals surface area contributed by atoms with E-state index in [1.54, 1.807) is 18.2 Å². The van der Waals surface area contributed by atoms with Gasteiger partial charge < -0.3 is 14.5 Å². The molecule has 0 radical (unpaired) electrons. The Labute approximate surface area is 150 Å². The zero-order valence-corrected chi connectivity index (χ0v) is 14.8. The van der Waals surface area contributed by atoms with Crippen LogP contribution in [0.3, 0.4) is 0 Å². The van der Waals surface area contributed by atoms with Crippen molar-refractivity contribution in [1.29, 1.82) is 0 Å². The predicted molar refractivity (Wildman–Crippen MR) is 99.4 cm³/mol. The molecule has 0 saturated carbocycles. The van der Waals surface area contributed by atoms with Crippen molar-refractivity contribution >= 4 is 34.2 Å². The average Bonchev–Trinajstić information content (AvgIpc) is 2.55. The third kappa shape index (κ3) is 5.61. The summed E-state index contributed by atoms with van der Waals surface area (Å²) in [4.78, 5) is 23.2. The van der Waals surface area contributed by atoms with Gasteiger partial charge in [0.15, 0.2) is 11.7 Å². The zero-order chi connectivity index (χ0) is 18.4. The van der Waals surface area contributed by atoms with Crippen LogP contribution in [0.25, 0.3) is 11.0 Å². The fourth-order valence-corrected chi connectivity index (χ4v) is 2.11. The lowest BCUT2D eigenvalue weighted by Gasteiger charge is -2.12. The quantitative estimate of drug-likeness (QED) is 0.322. The number of benzene rings is 1. The first-order chi connectivity index (χ1) is 11.8. The molecule has 0 aliphatic rings. The van der Waals surface area contributed by atoms with E-state index in [1.807, 2.05) is 13.8 Å². The van der Waals surface area contributed by atoms with Crippen LogP contribution in [0.2, 0.25) is 0 Å². The van der Waals surface area contributed by atoms with Gasteiger partial charge >= 0.3 is 5.63 Å². The summed E-state index contributed by atoms with van der Waals surface area (Å²) < 4.78 is 10.5. The predicted octanol–water partition coefficient (Wildman–Crippen LogP) is 1.55. The standard InChI is InChI=1S/C17H19N3O4S/c1-10(2)8-18-17(25)20-19-15(21)9-23-12-4-5-13-11(3)6-16(22)24-14(13)7-12/h4-7H,1,8-9H2,2-3H3,(H,19,21)(H2,18,20,25). The van der Waals surface area contributed by atoms with Gasteiger partial charge in [-0.25, -0.2) is 4.79 Å². The van der Waals surface area contributed by atoms with Crippen molar-refractivity contribution < 1.29 is 13.9 Å². The van der Waals surface area contributed by atoms with Gasteiger partial charge in [-0.1, -0.05) is 12.2 Å². The highest BCUT2D eigenvalue weighted by Crippen LogP contribution is 2.22. The minimum Gasteiger partial charge on any atom is -0.484 e. The van der Waals surface area contributed by atoms with Crippen molar-refractivity contribution in [1.82, 2.24) is 16.2 Å². The molecule has 132 valence electrons. The first kappa shape index (κ1) is 18.5. The van der Waals surface area contributed by atoms with Crippen molar-refractivity contribution in [2.24, 2.45) is 0 Å². The number of rotatable bonds is 5. The van der Waals surface area contributed by atoms with Gasteiger partial charge in [0, 0.05) is 24.1 Å². The van der Waals surface area contributed by atoms with Crippen LogP contribution in [0, 0.1) is 6.92 Å². The molecule has 1 heterocycles. The summed E-state index contributed by atoms with van der Waals surface area (Å²) in [5, 5.41) is 3.95. The number of carbonyl (C=O) groups excluding carboxylic acids is 1. The molecule has 3 N–H and O–H groups in total. The van der Waals surface area contributed by atoms with Crippen LogP contribution < -0.4 is 26.5 Å². The Balaban J connectivity index is 1.87. The minimum atomic E-state index is -0.431. The van der Waals surface area contributed by atoms with Crippen molar-refractivity contribution in [3.63, 3.8) is 0 Å². The van der Waals surface area contributed by atoms with E-state index >= 15 is 0 Å². The Hall–Kier alpha value is -2.87. The Kier molecular flexibility index (Phi) is 6.13. The van der Waals surface area contributed by atoms with Crippen LogP contribution >= 0.6 is 12.2 Å². The molecular formula is C17H19N3O4S. The second-order valence-corrected chi connectivity index (χ2v) is 5.92. The second kappa shape index (κ2) is 8.29. The fraction of sp³-hybridized carbons (Fsp3) is 0.235. The summed E-state index contributed by atoms with van der Waals surface area (Å²) in [6.45, 7) is 7.70. The van der Waals surface area contributed by atoms with Crippen LogP contribution in [0.1, 0.15) is 12.5 Å². The molecule has 1 aromatic heterocycles.